The van der Waals surface area contributed by atoms with Crippen LogP contribution in [0.4, 0.5) is 13.2 Å². The second-order valence-corrected chi connectivity index (χ2v) is 9.65. The predicted octanol–water partition coefficient (Wildman–Crippen LogP) is 8.23. The number of nitrogens with zero attached hydrogens (tertiary/aromatic N) is 1. The molecule has 0 saturated heterocycles. The van der Waals surface area contributed by atoms with Crippen molar-refractivity contribution in [2.75, 3.05) is 0 Å². The summed E-state index contributed by atoms with van der Waals surface area (Å²) in [5.41, 5.74) is 0.142. The molecule has 0 radical (unpaired) electrons. The van der Waals surface area contributed by atoms with Gasteiger partial charge in [0.2, 0.25) is 0 Å². The molecule has 164 valence electrons. The molecule has 1 heterocycles. The Morgan fingerprint density at radius 3 is 1.90 bits per heavy atom. The maximum absolute atomic E-state index is 12.6. The average Bonchev–Trinajstić information content (AvgIpc) is 2.73. The van der Waals surface area contributed by atoms with Gasteiger partial charge in [0.05, 0.1) is 0 Å². The molecule has 0 bridgehead atoms. The highest BCUT2D eigenvalue weighted by Gasteiger charge is 2.32. The average molecular weight is 410 g/mol. The van der Waals surface area contributed by atoms with Gasteiger partial charge in [-0.3, -0.25) is 4.98 Å². The van der Waals surface area contributed by atoms with Crippen LogP contribution in [0.1, 0.15) is 102 Å². The Morgan fingerprint density at radius 2 is 1.41 bits per heavy atom. The SMILES string of the molecule is CCCCC[C@H]1CC[C@H]([C@H]2CC[C@H](CCc3ccc(C(F)(F)F)nc3)CC2)CC1. The molecule has 1 nitrogen and oxygen atoms in total. The summed E-state index contributed by atoms with van der Waals surface area (Å²) in [4.78, 5) is 3.59. The van der Waals surface area contributed by atoms with Crippen molar-refractivity contribution in [1.29, 1.82) is 0 Å². The fourth-order valence-electron chi connectivity index (χ4n) is 5.69. The third-order valence-corrected chi connectivity index (χ3v) is 7.62. The first kappa shape index (κ1) is 22.6. The molecule has 0 unspecified atom stereocenters. The largest absolute Gasteiger partial charge is 0.433 e. The van der Waals surface area contributed by atoms with E-state index in [2.05, 4.69) is 11.9 Å². The summed E-state index contributed by atoms with van der Waals surface area (Å²) < 4.78 is 37.8. The summed E-state index contributed by atoms with van der Waals surface area (Å²) in [6.45, 7) is 2.29. The zero-order chi connectivity index (χ0) is 20.7. The Kier molecular flexibility index (Phi) is 8.44. The van der Waals surface area contributed by atoms with E-state index in [-0.39, 0.29) is 0 Å². The van der Waals surface area contributed by atoms with Crippen molar-refractivity contribution in [3.63, 3.8) is 0 Å². The minimum atomic E-state index is -4.34. The van der Waals surface area contributed by atoms with Gasteiger partial charge in [-0.2, -0.15) is 13.2 Å². The van der Waals surface area contributed by atoms with E-state index in [4.69, 9.17) is 0 Å². The van der Waals surface area contributed by atoms with E-state index < -0.39 is 11.9 Å². The Balaban J connectivity index is 1.34. The molecule has 0 atom stereocenters. The highest BCUT2D eigenvalue weighted by Crippen LogP contribution is 2.43. The summed E-state index contributed by atoms with van der Waals surface area (Å²) >= 11 is 0. The van der Waals surface area contributed by atoms with Crippen molar-refractivity contribution in [3.8, 4) is 0 Å². The maximum atomic E-state index is 12.6. The third kappa shape index (κ3) is 7.00. The monoisotopic (exact) mass is 409 g/mol. The van der Waals surface area contributed by atoms with E-state index in [1.165, 1.54) is 83.2 Å². The van der Waals surface area contributed by atoms with Gasteiger partial charge in [0.1, 0.15) is 5.69 Å². The van der Waals surface area contributed by atoms with E-state index in [9.17, 15) is 13.2 Å². The van der Waals surface area contributed by atoms with Gasteiger partial charge in [0, 0.05) is 6.20 Å². The van der Waals surface area contributed by atoms with Crippen LogP contribution >= 0.6 is 0 Å². The van der Waals surface area contributed by atoms with Crippen molar-refractivity contribution in [3.05, 3.63) is 29.6 Å². The number of hydrogen-bond donors (Lipinski definition) is 0. The van der Waals surface area contributed by atoms with E-state index >= 15 is 0 Å². The van der Waals surface area contributed by atoms with E-state index in [1.807, 2.05) is 0 Å². The van der Waals surface area contributed by atoms with Crippen LogP contribution in [0, 0.1) is 23.7 Å². The summed E-state index contributed by atoms with van der Waals surface area (Å²) in [5, 5.41) is 0. The van der Waals surface area contributed by atoms with Gasteiger partial charge in [0.25, 0.3) is 0 Å². The standard InChI is InChI=1S/C25H38F3N/c1-2-3-4-5-19-8-13-22(14-9-19)23-15-10-20(11-16-23)6-7-21-12-17-24(29-18-21)25(26,27)28/h12,17-20,22-23H,2-11,13-16H2,1H3/t19-,20-,22-,23-. The summed E-state index contributed by atoms with van der Waals surface area (Å²) in [6, 6.07) is 2.71. The molecule has 3 rings (SSSR count). The first-order chi connectivity index (χ1) is 14.0. The highest BCUT2D eigenvalue weighted by molar-refractivity contribution is 5.16. The molecule has 1 aromatic rings. The first-order valence-corrected chi connectivity index (χ1v) is 12.0. The molecule has 2 aliphatic rings. The van der Waals surface area contributed by atoms with Gasteiger partial charge in [0.15, 0.2) is 0 Å². The predicted molar refractivity (Wildman–Crippen MR) is 113 cm³/mol. The maximum Gasteiger partial charge on any atom is 0.433 e. The molecule has 1 aromatic heterocycles. The molecule has 0 amide bonds. The van der Waals surface area contributed by atoms with Crippen LogP contribution in [0.2, 0.25) is 0 Å². The van der Waals surface area contributed by atoms with Crippen LogP contribution < -0.4 is 0 Å². The van der Waals surface area contributed by atoms with Crippen molar-refractivity contribution in [2.24, 2.45) is 23.7 Å². The Morgan fingerprint density at radius 1 is 0.828 bits per heavy atom. The lowest BCUT2D eigenvalue weighted by Gasteiger charge is -2.38. The third-order valence-electron chi connectivity index (χ3n) is 7.62. The van der Waals surface area contributed by atoms with E-state index in [0.29, 0.717) is 0 Å². The van der Waals surface area contributed by atoms with E-state index in [1.54, 1.807) is 6.07 Å². The molecule has 2 aliphatic carbocycles. The highest BCUT2D eigenvalue weighted by atomic mass is 19.4. The van der Waals surface area contributed by atoms with Crippen molar-refractivity contribution in [1.82, 2.24) is 4.98 Å². The zero-order valence-electron chi connectivity index (χ0n) is 18.0. The second-order valence-electron chi connectivity index (χ2n) is 9.65. The van der Waals surface area contributed by atoms with Gasteiger partial charge < -0.3 is 0 Å². The minimum Gasteiger partial charge on any atom is -0.252 e. The van der Waals surface area contributed by atoms with Crippen LogP contribution in [0.15, 0.2) is 18.3 Å². The van der Waals surface area contributed by atoms with Crippen molar-refractivity contribution < 1.29 is 13.2 Å². The second kappa shape index (κ2) is 10.8. The number of hydrogen-bond acceptors (Lipinski definition) is 1. The Hall–Kier alpha value is -1.06. The van der Waals surface area contributed by atoms with E-state index in [0.717, 1.165) is 48.1 Å². The fourth-order valence-corrected chi connectivity index (χ4v) is 5.69. The fraction of sp³-hybridized carbons (Fsp3) is 0.800. The first-order valence-electron chi connectivity index (χ1n) is 12.0. The molecule has 0 aromatic carbocycles. The molecule has 2 fully saturated rings. The number of aromatic nitrogens is 1. The zero-order valence-corrected chi connectivity index (χ0v) is 18.0. The quantitative estimate of drug-likeness (QED) is 0.394. The van der Waals surface area contributed by atoms with Gasteiger partial charge in [-0.1, -0.05) is 64.4 Å². The lowest BCUT2D eigenvalue weighted by atomic mass is 9.68. The van der Waals surface area contributed by atoms with Gasteiger partial charge in [-0.05, 0) is 73.8 Å². The van der Waals surface area contributed by atoms with Crippen molar-refractivity contribution in [2.45, 2.75) is 103 Å². The molecule has 0 aliphatic heterocycles. The minimum absolute atomic E-state index is 0.735. The smallest absolute Gasteiger partial charge is 0.252 e. The number of alkyl halides is 3. The summed E-state index contributed by atoms with van der Waals surface area (Å²) in [7, 11) is 0. The number of pyridine rings is 1. The summed E-state index contributed by atoms with van der Waals surface area (Å²) in [5.74, 6) is 3.61. The number of rotatable bonds is 8. The summed E-state index contributed by atoms with van der Waals surface area (Å²) in [6.07, 6.45) is 15.7. The van der Waals surface area contributed by atoms with Gasteiger partial charge in [-0.15, -0.1) is 0 Å². The molecule has 4 heteroatoms. The Labute approximate surface area is 174 Å². The topological polar surface area (TPSA) is 12.9 Å². The molecule has 29 heavy (non-hydrogen) atoms. The number of unbranched alkanes of at least 4 members (excludes halogenated alkanes) is 2. The van der Waals surface area contributed by atoms with Crippen LogP contribution in [-0.2, 0) is 12.6 Å². The molecular formula is C25H38F3N. The van der Waals surface area contributed by atoms with Crippen LogP contribution in [0.5, 0.6) is 0 Å². The lowest BCUT2D eigenvalue weighted by molar-refractivity contribution is -0.141. The molecule has 2 saturated carbocycles. The molecular weight excluding hydrogens is 371 g/mol. The van der Waals surface area contributed by atoms with Gasteiger partial charge >= 0.3 is 6.18 Å². The number of halogens is 3. The van der Waals surface area contributed by atoms with Crippen molar-refractivity contribution >= 4 is 0 Å². The Bertz CT molecular complexity index is 579. The normalized spacial score (nSPS) is 28.4. The van der Waals surface area contributed by atoms with Crippen LogP contribution in [0.3, 0.4) is 0 Å². The number of aryl methyl sites for hydroxylation is 1. The van der Waals surface area contributed by atoms with Crippen LogP contribution in [-0.4, -0.2) is 4.98 Å². The lowest BCUT2D eigenvalue weighted by Crippen LogP contribution is -2.26. The molecule has 0 spiro atoms. The van der Waals surface area contributed by atoms with Gasteiger partial charge in [-0.25, -0.2) is 0 Å². The van der Waals surface area contributed by atoms with Crippen LogP contribution in [0.25, 0.3) is 0 Å². The molecule has 0 N–H and O–H groups in total.